The molecule has 2 saturated heterocycles. The summed E-state index contributed by atoms with van der Waals surface area (Å²) < 4.78 is 2.22. The molecular weight excluding hydrogens is 386 g/mol. The van der Waals surface area contributed by atoms with Crippen molar-refractivity contribution in [3.05, 3.63) is 54.1 Å². The van der Waals surface area contributed by atoms with Crippen molar-refractivity contribution < 1.29 is 4.79 Å². The monoisotopic (exact) mass is 423 g/mol. The van der Waals surface area contributed by atoms with Crippen LogP contribution in [0, 0.1) is 5.92 Å². The van der Waals surface area contributed by atoms with Crippen molar-refractivity contribution in [2.75, 3.05) is 26.2 Å². The molecule has 6 heteroatoms. The summed E-state index contributed by atoms with van der Waals surface area (Å²) in [4.78, 5) is 22.0. The summed E-state index contributed by atoms with van der Waals surface area (Å²) in [5, 5.41) is 3.28. The van der Waals surface area contributed by atoms with Crippen molar-refractivity contribution in [3.8, 4) is 0 Å². The van der Waals surface area contributed by atoms with Crippen molar-refractivity contribution in [2.24, 2.45) is 5.92 Å². The molecule has 3 heterocycles. The molecule has 1 aromatic carbocycles. The second kappa shape index (κ2) is 10.9. The summed E-state index contributed by atoms with van der Waals surface area (Å²) >= 11 is 0. The molecule has 2 fully saturated rings. The SMILES string of the molecule is CCn1ccnc1CN1CCC(CCC(=O)NC2CCN(Cc3ccccc3)C2)CC1. The van der Waals surface area contributed by atoms with E-state index in [2.05, 4.69) is 68.1 Å². The smallest absolute Gasteiger partial charge is 0.220 e. The Labute approximate surface area is 186 Å². The lowest BCUT2D eigenvalue weighted by molar-refractivity contribution is -0.122. The average Bonchev–Trinajstić information content (AvgIpc) is 3.43. The van der Waals surface area contributed by atoms with E-state index in [4.69, 9.17) is 0 Å². The van der Waals surface area contributed by atoms with Crippen molar-refractivity contribution in [1.29, 1.82) is 0 Å². The molecule has 2 aliphatic heterocycles. The van der Waals surface area contributed by atoms with E-state index in [9.17, 15) is 4.79 Å². The van der Waals surface area contributed by atoms with Gasteiger partial charge in [-0.1, -0.05) is 30.3 Å². The maximum absolute atomic E-state index is 12.5. The molecule has 0 spiro atoms. The number of likely N-dealkylation sites (tertiary alicyclic amines) is 2. The summed E-state index contributed by atoms with van der Waals surface area (Å²) in [6, 6.07) is 10.9. The molecule has 31 heavy (non-hydrogen) atoms. The standard InChI is InChI=1S/C25H37N5O/c1-2-30-17-13-26-24(30)20-28-14-10-21(11-15-28)8-9-25(31)27-23-12-16-29(19-23)18-22-6-4-3-5-7-22/h3-7,13,17,21,23H,2,8-12,14-16,18-20H2,1H3,(H,27,31). The highest BCUT2D eigenvalue weighted by molar-refractivity contribution is 5.76. The number of aryl methyl sites for hydroxylation is 1. The van der Waals surface area contributed by atoms with Crippen LogP contribution in [0.15, 0.2) is 42.7 Å². The van der Waals surface area contributed by atoms with Crippen LogP contribution in [0.5, 0.6) is 0 Å². The lowest BCUT2D eigenvalue weighted by atomic mass is 9.92. The molecule has 1 amide bonds. The van der Waals surface area contributed by atoms with E-state index in [-0.39, 0.29) is 5.91 Å². The maximum Gasteiger partial charge on any atom is 0.220 e. The molecule has 4 rings (SSSR count). The van der Waals surface area contributed by atoms with Crippen molar-refractivity contribution in [2.45, 2.75) is 64.7 Å². The summed E-state index contributed by atoms with van der Waals surface area (Å²) in [5.41, 5.74) is 1.35. The van der Waals surface area contributed by atoms with Crippen LogP contribution in [-0.2, 0) is 24.4 Å². The Hall–Kier alpha value is -2.18. The minimum Gasteiger partial charge on any atom is -0.352 e. The van der Waals surface area contributed by atoms with E-state index in [1.54, 1.807) is 0 Å². The Kier molecular flexibility index (Phi) is 7.76. The van der Waals surface area contributed by atoms with Gasteiger partial charge in [-0.15, -0.1) is 0 Å². The molecule has 2 aliphatic rings. The van der Waals surface area contributed by atoms with Crippen LogP contribution in [0.2, 0.25) is 0 Å². The number of benzene rings is 1. The molecule has 1 aromatic heterocycles. The highest BCUT2D eigenvalue weighted by atomic mass is 16.1. The van der Waals surface area contributed by atoms with Crippen molar-refractivity contribution in [1.82, 2.24) is 24.7 Å². The third kappa shape index (κ3) is 6.40. The highest BCUT2D eigenvalue weighted by Crippen LogP contribution is 2.23. The summed E-state index contributed by atoms with van der Waals surface area (Å²) in [5.74, 6) is 2.07. The average molecular weight is 424 g/mol. The zero-order valence-corrected chi connectivity index (χ0v) is 18.9. The van der Waals surface area contributed by atoms with E-state index in [0.717, 1.165) is 64.5 Å². The third-order valence-corrected chi connectivity index (χ3v) is 6.88. The first-order chi connectivity index (χ1) is 15.2. The van der Waals surface area contributed by atoms with Crippen LogP contribution >= 0.6 is 0 Å². The number of hydrogen-bond acceptors (Lipinski definition) is 4. The first-order valence-electron chi connectivity index (χ1n) is 12.0. The van der Waals surface area contributed by atoms with Gasteiger partial charge in [0.05, 0.1) is 6.54 Å². The van der Waals surface area contributed by atoms with Crippen LogP contribution in [0.25, 0.3) is 0 Å². The molecule has 1 atom stereocenters. The zero-order chi connectivity index (χ0) is 21.5. The molecule has 2 aromatic rings. The Morgan fingerprint density at radius 3 is 2.61 bits per heavy atom. The number of amides is 1. The number of nitrogens with zero attached hydrogens (tertiary/aromatic N) is 4. The van der Waals surface area contributed by atoms with E-state index >= 15 is 0 Å². The van der Waals surface area contributed by atoms with Crippen LogP contribution in [-0.4, -0.2) is 57.5 Å². The van der Waals surface area contributed by atoms with Gasteiger partial charge in [0, 0.05) is 51.0 Å². The zero-order valence-electron chi connectivity index (χ0n) is 18.9. The predicted molar refractivity (Wildman–Crippen MR) is 123 cm³/mol. The molecular formula is C25H37N5O. The minimum absolute atomic E-state index is 0.235. The largest absolute Gasteiger partial charge is 0.352 e. The van der Waals surface area contributed by atoms with Crippen molar-refractivity contribution in [3.63, 3.8) is 0 Å². The van der Waals surface area contributed by atoms with Crippen molar-refractivity contribution >= 4 is 5.91 Å². The Morgan fingerprint density at radius 1 is 1.06 bits per heavy atom. The summed E-state index contributed by atoms with van der Waals surface area (Å²) in [7, 11) is 0. The predicted octanol–water partition coefficient (Wildman–Crippen LogP) is 3.29. The first kappa shape index (κ1) is 22.0. The summed E-state index contributed by atoms with van der Waals surface area (Å²) in [6.45, 7) is 9.31. The first-order valence-corrected chi connectivity index (χ1v) is 12.0. The Bertz CT molecular complexity index is 812. The van der Waals surface area contributed by atoms with E-state index in [1.165, 1.54) is 18.4 Å². The second-order valence-corrected chi connectivity index (χ2v) is 9.16. The Morgan fingerprint density at radius 2 is 1.84 bits per heavy atom. The van der Waals surface area contributed by atoms with Gasteiger partial charge in [-0.25, -0.2) is 4.98 Å². The van der Waals surface area contributed by atoms with Gasteiger partial charge in [-0.3, -0.25) is 14.6 Å². The van der Waals surface area contributed by atoms with Crippen LogP contribution < -0.4 is 5.32 Å². The fourth-order valence-electron chi connectivity index (χ4n) is 4.98. The molecule has 0 saturated carbocycles. The molecule has 1 N–H and O–H groups in total. The Balaban J connectivity index is 1.11. The van der Waals surface area contributed by atoms with Crippen LogP contribution in [0.3, 0.4) is 0 Å². The third-order valence-electron chi connectivity index (χ3n) is 6.88. The van der Waals surface area contributed by atoms with Gasteiger partial charge in [0.2, 0.25) is 5.91 Å². The molecule has 0 aliphatic carbocycles. The van der Waals surface area contributed by atoms with Gasteiger partial charge in [-0.2, -0.15) is 0 Å². The molecule has 0 bridgehead atoms. The van der Waals surface area contributed by atoms with Gasteiger partial charge in [0.15, 0.2) is 0 Å². The van der Waals surface area contributed by atoms with Gasteiger partial charge in [0.25, 0.3) is 0 Å². The minimum atomic E-state index is 0.235. The number of piperidine rings is 1. The fourth-order valence-corrected chi connectivity index (χ4v) is 4.98. The molecule has 1 unspecified atom stereocenters. The highest BCUT2D eigenvalue weighted by Gasteiger charge is 2.25. The number of nitrogens with one attached hydrogen (secondary N) is 1. The van der Waals surface area contributed by atoms with Gasteiger partial charge >= 0.3 is 0 Å². The molecule has 6 nitrogen and oxygen atoms in total. The molecule has 168 valence electrons. The van der Waals surface area contributed by atoms with E-state index < -0.39 is 0 Å². The van der Waals surface area contributed by atoms with Crippen LogP contribution in [0.1, 0.15) is 50.4 Å². The van der Waals surface area contributed by atoms with Gasteiger partial charge < -0.3 is 9.88 Å². The van der Waals surface area contributed by atoms with Crippen LogP contribution in [0.4, 0.5) is 0 Å². The topological polar surface area (TPSA) is 53.4 Å². The van der Waals surface area contributed by atoms with E-state index in [1.807, 2.05) is 6.20 Å². The number of imidazole rings is 1. The number of aromatic nitrogens is 2. The normalized spacial score (nSPS) is 20.9. The lowest BCUT2D eigenvalue weighted by Gasteiger charge is -2.31. The van der Waals surface area contributed by atoms with E-state index in [0.29, 0.717) is 18.4 Å². The number of carbonyl (C=O) groups excluding carboxylic acids is 1. The maximum atomic E-state index is 12.5. The molecule has 0 radical (unpaired) electrons. The second-order valence-electron chi connectivity index (χ2n) is 9.16. The van der Waals surface area contributed by atoms with Gasteiger partial charge in [0.1, 0.15) is 5.82 Å². The summed E-state index contributed by atoms with van der Waals surface area (Å²) in [6.07, 6.45) is 9.08. The number of carbonyl (C=O) groups is 1. The number of rotatable bonds is 9. The fraction of sp³-hybridized carbons (Fsp3) is 0.600. The quantitative estimate of drug-likeness (QED) is 0.673. The van der Waals surface area contributed by atoms with Gasteiger partial charge in [-0.05, 0) is 57.2 Å². The lowest BCUT2D eigenvalue weighted by Crippen LogP contribution is -2.38. The number of hydrogen-bond donors (Lipinski definition) is 1.